The van der Waals surface area contributed by atoms with Crippen LogP contribution in [0.2, 0.25) is 0 Å². The number of benzene rings is 2. The number of nitrogens with zero attached hydrogens (tertiary/aromatic N) is 2. The molecule has 1 aromatic heterocycles. The molecule has 0 atom stereocenters. The van der Waals surface area contributed by atoms with Gasteiger partial charge in [0.25, 0.3) is 11.2 Å². The van der Waals surface area contributed by atoms with Crippen LogP contribution >= 0.6 is 11.8 Å². The Morgan fingerprint density at radius 2 is 1.81 bits per heavy atom. The van der Waals surface area contributed by atoms with Gasteiger partial charge in [0, 0.05) is 34.1 Å². The maximum atomic E-state index is 12.7. The van der Waals surface area contributed by atoms with Crippen LogP contribution in [0.3, 0.4) is 0 Å². The van der Waals surface area contributed by atoms with Gasteiger partial charge < -0.3 is 14.8 Å². The number of hydrogen-bond acceptors (Lipinski definition) is 7. The minimum absolute atomic E-state index is 0.271. The number of hydrogen-bond donors (Lipinski definition) is 1. The number of carbonyl (C=O) groups excluding carboxylic acids is 1. The molecule has 0 saturated carbocycles. The van der Waals surface area contributed by atoms with E-state index in [4.69, 9.17) is 9.47 Å². The Balaban J connectivity index is 1.61. The van der Waals surface area contributed by atoms with Crippen molar-refractivity contribution in [3.05, 3.63) is 81.3 Å². The smallest absolute Gasteiger partial charge is 0.285 e. The highest BCUT2D eigenvalue weighted by Crippen LogP contribution is 2.42. The fraction of sp³-hybridized carbons (Fsp3) is 0.143. The zero-order valence-corrected chi connectivity index (χ0v) is 17.0. The van der Waals surface area contributed by atoms with Gasteiger partial charge in [-0.05, 0) is 12.1 Å². The second-order valence-corrected chi connectivity index (χ2v) is 7.68. The van der Waals surface area contributed by atoms with Crippen molar-refractivity contribution < 1.29 is 19.2 Å². The first kappa shape index (κ1) is 20.5. The van der Waals surface area contributed by atoms with Crippen molar-refractivity contribution in [2.75, 3.05) is 18.5 Å². The van der Waals surface area contributed by atoms with Gasteiger partial charge in [0.15, 0.2) is 11.5 Å². The molecule has 1 amide bonds. The van der Waals surface area contributed by atoms with Gasteiger partial charge >= 0.3 is 0 Å². The molecule has 0 spiro atoms. The summed E-state index contributed by atoms with van der Waals surface area (Å²) < 4.78 is 12.3. The third-order valence-electron chi connectivity index (χ3n) is 4.38. The predicted octanol–water partition coefficient (Wildman–Crippen LogP) is 3.32. The third-order valence-corrected chi connectivity index (χ3v) is 5.45. The van der Waals surface area contributed by atoms with Gasteiger partial charge in [-0.2, -0.15) is 0 Å². The van der Waals surface area contributed by atoms with Crippen LogP contribution in [0.5, 0.6) is 11.5 Å². The van der Waals surface area contributed by atoms with Crippen LogP contribution in [0.25, 0.3) is 0 Å². The standard InChI is InChI=1S/C21H17N3O6S/c25-20(13-23-12-14(24(27)28)6-7-21(23)26)22-16-10-17-18(30-9-8-29-17)11-19(16)31-15-4-2-1-3-5-15/h1-7,10-12H,8-9,13H2,(H,22,25). The summed E-state index contributed by atoms with van der Waals surface area (Å²) in [7, 11) is 0. The molecule has 0 bridgehead atoms. The highest BCUT2D eigenvalue weighted by Gasteiger charge is 2.19. The molecule has 1 aliphatic heterocycles. The first-order valence-electron chi connectivity index (χ1n) is 9.31. The number of nitro groups is 1. The molecule has 31 heavy (non-hydrogen) atoms. The number of fused-ring (bicyclic) bond motifs is 1. The van der Waals surface area contributed by atoms with Crippen molar-refractivity contribution in [3.63, 3.8) is 0 Å². The van der Waals surface area contributed by atoms with Gasteiger partial charge in [-0.3, -0.25) is 24.3 Å². The number of rotatable bonds is 6. The molecule has 2 heterocycles. The molecule has 1 aliphatic rings. The number of carbonyl (C=O) groups is 1. The summed E-state index contributed by atoms with van der Waals surface area (Å²) in [6, 6.07) is 15.2. The molecule has 1 N–H and O–H groups in total. The molecule has 10 heteroatoms. The van der Waals surface area contributed by atoms with E-state index in [1.807, 2.05) is 30.3 Å². The second kappa shape index (κ2) is 8.92. The normalized spacial score (nSPS) is 12.3. The fourth-order valence-corrected chi connectivity index (χ4v) is 3.90. The molecule has 0 aliphatic carbocycles. The van der Waals surface area contributed by atoms with Crippen molar-refractivity contribution in [3.8, 4) is 11.5 Å². The van der Waals surface area contributed by atoms with Crippen LogP contribution in [0.1, 0.15) is 0 Å². The Hall–Kier alpha value is -3.79. The van der Waals surface area contributed by atoms with Gasteiger partial charge in [0.2, 0.25) is 5.91 Å². The Bertz CT molecular complexity index is 1200. The van der Waals surface area contributed by atoms with Crippen molar-refractivity contribution in [1.29, 1.82) is 0 Å². The molecule has 158 valence electrons. The molecule has 0 unspecified atom stereocenters. The lowest BCUT2D eigenvalue weighted by atomic mass is 10.2. The first-order chi connectivity index (χ1) is 15.0. The zero-order chi connectivity index (χ0) is 21.8. The zero-order valence-electron chi connectivity index (χ0n) is 16.1. The Labute approximate surface area is 180 Å². The van der Waals surface area contributed by atoms with Crippen LogP contribution in [0, 0.1) is 10.1 Å². The second-order valence-electron chi connectivity index (χ2n) is 6.57. The van der Waals surface area contributed by atoms with Crippen molar-refractivity contribution in [1.82, 2.24) is 4.57 Å². The van der Waals surface area contributed by atoms with Gasteiger partial charge in [0.05, 0.1) is 16.8 Å². The monoisotopic (exact) mass is 439 g/mol. The molecule has 3 aromatic rings. The van der Waals surface area contributed by atoms with E-state index in [-0.39, 0.29) is 12.2 Å². The summed E-state index contributed by atoms with van der Waals surface area (Å²) in [6.45, 7) is 0.461. The number of aromatic nitrogens is 1. The lowest BCUT2D eigenvalue weighted by Crippen LogP contribution is -2.27. The van der Waals surface area contributed by atoms with Gasteiger partial charge in [-0.1, -0.05) is 30.0 Å². The van der Waals surface area contributed by atoms with Gasteiger partial charge in [-0.25, -0.2) is 0 Å². The number of amides is 1. The van der Waals surface area contributed by atoms with E-state index in [9.17, 15) is 19.7 Å². The highest BCUT2D eigenvalue weighted by atomic mass is 32.2. The average molecular weight is 439 g/mol. The van der Waals surface area contributed by atoms with Crippen molar-refractivity contribution in [2.45, 2.75) is 16.3 Å². The Morgan fingerprint density at radius 3 is 2.52 bits per heavy atom. The van der Waals surface area contributed by atoms with E-state index in [0.29, 0.717) is 30.4 Å². The summed E-state index contributed by atoms with van der Waals surface area (Å²) >= 11 is 1.44. The van der Waals surface area contributed by atoms with Crippen molar-refractivity contribution >= 4 is 29.0 Å². The topological polar surface area (TPSA) is 113 Å². The summed E-state index contributed by atoms with van der Waals surface area (Å²) in [5.41, 5.74) is -0.296. The molecular weight excluding hydrogens is 422 g/mol. The maximum Gasteiger partial charge on any atom is 0.285 e. The molecule has 9 nitrogen and oxygen atoms in total. The third kappa shape index (κ3) is 4.86. The van der Waals surface area contributed by atoms with E-state index in [1.165, 1.54) is 11.8 Å². The highest BCUT2D eigenvalue weighted by molar-refractivity contribution is 7.99. The van der Waals surface area contributed by atoms with Crippen molar-refractivity contribution in [2.24, 2.45) is 0 Å². The number of ether oxygens (including phenoxy) is 2. The van der Waals surface area contributed by atoms with Gasteiger partial charge in [0.1, 0.15) is 19.8 Å². The van der Waals surface area contributed by atoms with E-state index in [2.05, 4.69) is 5.32 Å². The molecule has 0 fully saturated rings. The largest absolute Gasteiger partial charge is 0.486 e. The van der Waals surface area contributed by atoms with Crippen LogP contribution in [0.4, 0.5) is 11.4 Å². The molecular formula is C21H17N3O6S. The summed E-state index contributed by atoms with van der Waals surface area (Å²) in [6.07, 6.45) is 1.05. The van der Waals surface area contributed by atoms with Gasteiger partial charge in [-0.15, -0.1) is 0 Å². The van der Waals surface area contributed by atoms with E-state index in [0.717, 1.165) is 32.7 Å². The quantitative estimate of drug-likeness (QED) is 0.463. The van der Waals surface area contributed by atoms with Crippen LogP contribution < -0.4 is 20.3 Å². The first-order valence-corrected chi connectivity index (χ1v) is 10.1. The summed E-state index contributed by atoms with van der Waals surface area (Å²) in [4.78, 5) is 36.7. The lowest BCUT2D eigenvalue weighted by Gasteiger charge is -2.21. The van der Waals surface area contributed by atoms with E-state index in [1.54, 1.807) is 12.1 Å². The van der Waals surface area contributed by atoms with Crippen LogP contribution in [-0.4, -0.2) is 28.6 Å². The number of pyridine rings is 1. The minimum Gasteiger partial charge on any atom is -0.486 e. The maximum absolute atomic E-state index is 12.7. The average Bonchev–Trinajstić information content (AvgIpc) is 2.76. The summed E-state index contributed by atoms with van der Waals surface area (Å²) in [5.74, 6) is 0.582. The van der Waals surface area contributed by atoms with E-state index < -0.39 is 16.4 Å². The molecule has 4 rings (SSSR count). The van der Waals surface area contributed by atoms with E-state index >= 15 is 0 Å². The number of nitrogens with one attached hydrogen (secondary N) is 1. The Morgan fingerprint density at radius 1 is 1.10 bits per heavy atom. The fourth-order valence-electron chi connectivity index (χ4n) is 2.96. The number of anilines is 1. The van der Waals surface area contributed by atoms with Crippen LogP contribution in [0.15, 0.2) is 75.4 Å². The molecule has 0 radical (unpaired) electrons. The molecule has 0 saturated heterocycles. The molecule has 2 aromatic carbocycles. The lowest BCUT2D eigenvalue weighted by molar-refractivity contribution is -0.385. The minimum atomic E-state index is -0.622. The summed E-state index contributed by atoms with van der Waals surface area (Å²) in [5, 5.41) is 13.7. The predicted molar refractivity (Wildman–Crippen MR) is 114 cm³/mol. The van der Waals surface area contributed by atoms with Crippen LogP contribution in [-0.2, 0) is 11.3 Å². The Kier molecular flexibility index (Phi) is 5.89. The SMILES string of the molecule is O=C(Cn1cc([N+](=O)[O-])ccc1=O)Nc1cc2c(cc1Sc1ccccc1)OCCO2.